The Morgan fingerprint density at radius 3 is 2.42 bits per heavy atom. The van der Waals surface area contributed by atoms with Crippen LogP contribution >= 0.6 is 23.1 Å². The van der Waals surface area contributed by atoms with Crippen molar-refractivity contribution in [3.8, 4) is 17.5 Å². The van der Waals surface area contributed by atoms with Crippen LogP contribution in [0.2, 0.25) is 0 Å². The third-order valence-corrected chi connectivity index (χ3v) is 4.17. The van der Waals surface area contributed by atoms with E-state index >= 15 is 0 Å². The van der Waals surface area contributed by atoms with Crippen molar-refractivity contribution in [1.29, 1.82) is 0 Å². The number of thioether (sulfide) groups is 1. The molecule has 0 amide bonds. The smallest absolute Gasteiger partial charge is 0.445 e. The van der Waals surface area contributed by atoms with Crippen LogP contribution in [0, 0.1) is 6.92 Å². The van der Waals surface area contributed by atoms with Crippen LogP contribution in [0.15, 0.2) is 35.1 Å². The maximum atomic E-state index is 12.6. The van der Waals surface area contributed by atoms with E-state index in [1.165, 1.54) is 17.5 Å². The van der Waals surface area contributed by atoms with E-state index in [1.54, 1.807) is 6.92 Å². The Bertz CT molecular complexity index is 770. The zero-order valence-corrected chi connectivity index (χ0v) is 14.7. The van der Waals surface area contributed by atoms with Crippen molar-refractivity contribution < 1.29 is 35.8 Å². The first-order valence-corrected chi connectivity index (χ1v) is 8.63. The Morgan fingerprint density at radius 2 is 1.81 bits per heavy atom. The molecular formula is C15H11F6NO2S2. The van der Waals surface area contributed by atoms with Crippen molar-refractivity contribution in [2.75, 3.05) is 6.61 Å². The van der Waals surface area contributed by atoms with Crippen molar-refractivity contribution in [1.82, 2.24) is 4.98 Å². The van der Waals surface area contributed by atoms with Crippen molar-refractivity contribution in [3.05, 3.63) is 45.5 Å². The van der Waals surface area contributed by atoms with Crippen molar-refractivity contribution in [3.63, 3.8) is 0 Å². The first-order chi connectivity index (χ1) is 12.0. The Kier molecular flexibility index (Phi) is 6.45. The van der Waals surface area contributed by atoms with Gasteiger partial charge in [-0.15, -0.1) is 11.3 Å². The van der Waals surface area contributed by atoms with Crippen molar-refractivity contribution in [2.45, 2.75) is 18.6 Å². The summed E-state index contributed by atoms with van der Waals surface area (Å²) in [6.07, 6.45) is -3.29. The highest BCUT2D eigenvalue weighted by Gasteiger charge is 2.32. The Labute approximate surface area is 152 Å². The van der Waals surface area contributed by atoms with E-state index in [-0.39, 0.29) is 35.9 Å². The third-order valence-electron chi connectivity index (χ3n) is 2.63. The lowest BCUT2D eigenvalue weighted by Crippen LogP contribution is -2.01. The molecule has 2 aromatic heterocycles. The van der Waals surface area contributed by atoms with Gasteiger partial charge in [-0.05, 0) is 35.7 Å². The van der Waals surface area contributed by atoms with Gasteiger partial charge in [-0.1, -0.05) is 0 Å². The van der Waals surface area contributed by atoms with Gasteiger partial charge in [0.25, 0.3) is 0 Å². The molecule has 3 nitrogen and oxygen atoms in total. The molecule has 0 saturated heterocycles. The number of hydrogen-bond acceptors (Lipinski definition) is 5. The molecule has 0 atom stereocenters. The summed E-state index contributed by atoms with van der Waals surface area (Å²) in [5.41, 5.74) is -3.71. The number of ether oxygens (including phenoxy) is 2. The molecule has 0 fully saturated rings. The molecule has 2 rings (SSSR count). The SMILES string of the molecule is Cc1cc(OC/C=C/SC(F)(F)F)nc(Oc2csc(C(F)(F)F)c2)c1. The van der Waals surface area contributed by atoms with Gasteiger partial charge in [-0.25, -0.2) is 0 Å². The van der Waals surface area contributed by atoms with Crippen molar-refractivity contribution in [2.24, 2.45) is 0 Å². The lowest BCUT2D eigenvalue weighted by Gasteiger charge is -2.08. The largest absolute Gasteiger partial charge is 0.473 e. The monoisotopic (exact) mass is 415 g/mol. The maximum absolute atomic E-state index is 12.6. The fraction of sp³-hybridized carbons (Fsp3) is 0.267. The highest BCUT2D eigenvalue weighted by molar-refractivity contribution is 8.02. The Hall–Kier alpha value is -1.88. The molecule has 0 N–H and O–H groups in total. The fourth-order valence-corrected chi connectivity index (χ4v) is 2.68. The van der Waals surface area contributed by atoms with Crippen LogP contribution in [0.25, 0.3) is 0 Å². The number of hydrogen-bond donors (Lipinski definition) is 0. The van der Waals surface area contributed by atoms with Gasteiger partial charge in [0.15, 0.2) is 0 Å². The average molecular weight is 415 g/mol. The minimum absolute atomic E-state index is 0.0140. The number of aryl methyl sites for hydroxylation is 1. The molecule has 2 aromatic rings. The molecule has 0 spiro atoms. The molecule has 142 valence electrons. The number of rotatable bonds is 6. The molecule has 2 heterocycles. The minimum atomic E-state index is -4.46. The van der Waals surface area contributed by atoms with E-state index in [1.807, 2.05) is 0 Å². The molecule has 0 aromatic carbocycles. The number of pyridine rings is 1. The van der Waals surface area contributed by atoms with Crippen LogP contribution in [0.5, 0.6) is 17.5 Å². The molecule has 26 heavy (non-hydrogen) atoms. The summed E-state index contributed by atoms with van der Waals surface area (Å²) < 4.78 is 84.2. The predicted octanol–water partition coefficient (Wildman–Crippen LogP) is 6.41. The second-order valence-electron chi connectivity index (χ2n) is 4.81. The quantitative estimate of drug-likeness (QED) is 0.511. The third kappa shape index (κ3) is 6.79. The number of halogens is 6. The van der Waals surface area contributed by atoms with Crippen LogP contribution in [-0.4, -0.2) is 17.1 Å². The van der Waals surface area contributed by atoms with Gasteiger partial charge < -0.3 is 9.47 Å². The van der Waals surface area contributed by atoms with E-state index in [9.17, 15) is 26.3 Å². The van der Waals surface area contributed by atoms with Crippen LogP contribution < -0.4 is 9.47 Å². The molecule has 11 heteroatoms. The topological polar surface area (TPSA) is 31.4 Å². The summed E-state index contributed by atoms with van der Waals surface area (Å²) in [5.74, 6) is 0.0703. The number of aromatic nitrogens is 1. The van der Waals surface area contributed by atoms with Gasteiger partial charge in [0, 0.05) is 23.6 Å². The summed E-state index contributed by atoms with van der Waals surface area (Å²) in [4.78, 5) is 3.16. The summed E-state index contributed by atoms with van der Waals surface area (Å²) in [6, 6.07) is 3.87. The normalized spacial score (nSPS) is 12.6. The van der Waals surface area contributed by atoms with E-state index in [4.69, 9.17) is 9.47 Å². The number of thiophene rings is 1. The zero-order valence-electron chi connectivity index (χ0n) is 13.0. The van der Waals surface area contributed by atoms with Gasteiger partial charge >= 0.3 is 11.7 Å². The lowest BCUT2D eigenvalue weighted by atomic mass is 10.3. The lowest BCUT2D eigenvalue weighted by molar-refractivity contribution is -0.134. The van der Waals surface area contributed by atoms with E-state index in [0.717, 1.165) is 17.6 Å². The predicted molar refractivity (Wildman–Crippen MR) is 86.7 cm³/mol. The highest BCUT2D eigenvalue weighted by atomic mass is 32.2. The number of nitrogens with zero attached hydrogens (tertiary/aromatic N) is 1. The molecule has 0 aliphatic carbocycles. The molecule has 0 aliphatic rings. The standard InChI is InChI=1S/C15H11F6NO2S2/c1-9-5-12(23-3-2-4-26-15(19,20)21)22-13(6-9)24-10-7-11(25-8-10)14(16,17)18/h2,4-8H,3H2,1H3/b4-2+. The van der Waals surface area contributed by atoms with Gasteiger partial charge in [-0.3, -0.25) is 0 Å². The summed E-state index contributed by atoms with van der Waals surface area (Å²) >= 11 is 0.178. The van der Waals surface area contributed by atoms with Gasteiger partial charge in [0.05, 0.1) is 0 Å². The van der Waals surface area contributed by atoms with Gasteiger partial charge in [0.1, 0.15) is 17.2 Å². The first-order valence-electron chi connectivity index (χ1n) is 6.87. The maximum Gasteiger partial charge on any atom is 0.445 e. The summed E-state index contributed by atoms with van der Waals surface area (Å²) in [7, 11) is 0. The average Bonchev–Trinajstić information content (AvgIpc) is 2.93. The van der Waals surface area contributed by atoms with E-state index in [2.05, 4.69) is 4.98 Å². The van der Waals surface area contributed by atoms with Crippen LogP contribution in [0.3, 0.4) is 0 Å². The molecule has 0 aliphatic heterocycles. The number of alkyl halides is 6. The van der Waals surface area contributed by atoms with Crippen molar-refractivity contribution >= 4 is 23.1 Å². The van der Waals surface area contributed by atoms with Crippen LogP contribution in [0.1, 0.15) is 10.4 Å². The summed E-state index contributed by atoms with van der Waals surface area (Å²) in [6.45, 7) is 1.53. The molecular weight excluding hydrogens is 404 g/mol. The van der Waals surface area contributed by atoms with E-state index in [0.29, 0.717) is 16.9 Å². The summed E-state index contributed by atoms with van der Waals surface area (Å²) in [5, 5.41) is 2.04. The highest BCUT2D eigenvalue weighted by Crippen LogP contribution is 2.37. The zero-order chi connectivity index (χ0) is 19.4. The van der Waals surface area contributed by atoms with Gasteiger partial charge in [-0.2, -0.15) is 31.3 Å². The minimum Gasteiger partial charge on any atom is -0.473 e. The Morgan fingerprint density at radius 1 is 1.12 bits per heavy atom. The van der Waals surface area contributed by atoms with Crippen LogP contribution in [0.4, 0.5) is 26.3 Å². The fourth-order valence-electron chi connectivity index (χ4n) is 1.67. The Balaban J connectivity index is 1.99. The molecule has 0 bridgehead atoms. The first kappa shape index (κ1) is 20.4. The molecule has 0 saturated carbocycles. The molecule has 0 unspecified atom stereocenters. The second-order valence-corrected chi connectivity index (χ2v) is 6.70. The molecule has 0 radical (unpaired) electrons. The van der Waals surface area contributed by atoms with Crippen LogP contribution in [-0.2, 0) is 6.18 Å². The van der Waals surface area contributed by atoms with E-state index < -0.39 is 16.6 Å². The van der Waals surface area contributed by atoms with Gasteiger partial charge in [0.2, 0.25) is 11.8 Å². The second kappa shape index (κ2) is 8.21.